The van der Waals surface area contributed by atoms with Crippen molar-refractivity contribution >= 4 is 11.5 Å². The predicted octanol–water partition coefficient (Wildman–Crippen LogP) is 1.17. The number of hydrogen-bond acceptors (Lipinski definition) is 4. The van der Waals surface area contributed by atoms with Crippen LogP contribution in [-0.4, -0.2) is 35.6 Å². The number of pyridine rings is 1. The van der Waals surface area contributed by atoms with Crippen molar-refractivity contribution in [3.8, 4) is 0 Å². The third-order valence-corrected chi connectivity index (χ3v) is 3.82. The van der Waals surface area contributed by atoms with Crippen LogP contribution in [0.1, 0.15) is 12.8 Å². The van der Waals surface area contributed by atoms with E-state index in [4.69, 9.17) is 5.73 Å². The van der Waals surface area contributed by atoms with Crippen LogP contribution in [0.4, 0.5) is 11.5 Å². The number of nitrogens with zero attached hydrogens (tertiary/aromatic N) is 2. The molecule has 4 nitrogen and oxygen atoms in total. The van der Waals surface area contributed by atoms with Crippen LogP contribution < -0.4 is 11.1 Å². The number of nitrogens with one attached hydrogen (secondary N) is 1. The van der Waals surface area contributed by atoms with Crippen LogP contribution >= 0.6 is 0 Å². The molecule has 86 valence electrons. The highest BCUT2D eigenvalue weighted by Crippen LogP contribution is 2.30. The first-order valence-electron chi connectivity index (χ1n) is 6.02. The van der Waals surface area contributed by atoms with E-state index in [1.165, 1.54) is 25.9 Å². The van der Waals surface area contributed by atoms with E-state index >= 15 is 0 Å². The summed E-state index contributed by atoms with van der Waals surface area (Å²) in [5.74, 6) is 1.65. The Morgan fingerprint density at radius 1 is 1.38 bits per heavy atom. The Balaban J connectivity index is 1.73. The van der Waals surface area contributed by atoms with E-state index in [2.05, 4.69) is 15.2 Å². The molecule has 0 aliphatic carbocycles. The lowest BCUT2D eigenvalue weighted by molar-refractivity contribution is 0.0974. The molecular formula is C12H18N4. The number of rotatable bonds is 2. The summed E-state index contributed by atoms with van der Waals surface area (Å²) >= 11 is 0. The number of aromatic nitrogens is 1. The lowest BCUT2D eigenvalue weighted by Gasteiger charge is -2.45. The summed E-state index contributed by atoms with van der Waals surface area (Å²) in [6.45, 7) is 3.67. The first kappa shape index (κ1) is 9.90. The molecule has 0 saturated carbocycles. The summed E-state index contributed by atoms with van der Waals surface area (Å²) in [5, 5.41) is 3.50. The van der Waals surface area contributed by atoms with Gasteiger partial charge in [-0.25, -0.2) is 4.98 Å². The average Bonchev–Trinajstić information content (AvgIpc) is 2.34. The van der Waals surface area contributed by atoms with E-state index < -0.39 is 0 Å². The quantitative estimate of drug-likeness (QED) is 0.782. The molecule has 0 radical (unpaired) electrons. The highest BCUT2D eigenvalue weighted by Gasteiger charge is 2.34. The molecule has 1 aromatic rings. The van der Waals surface area contributed by atoms with Gasteiger partial charge in [0.05, 0.1) is 5.69 Å². The molecule has 3 fully saturated rings. The maximum Gasteiger partial charge on any atom is 0.149 e. The van der Waals surface area contributed by atoms with E-state index in [1.807, 2.05) is 12.1 Å². The van der Waals surface area contributed by atoms with Crippen molar-refractivity contribution in [2.45, 2.75) is 18.9 Å². The summed E-state index contributed by atoms with van der Waals surface area (Å²) in [5.41, 5.74) is 6.65. The van der Waals surface area contributed by atoms with Gasteiger partial charge in [0.2, 0.25) is 0 Å². The minimum Gasteiger partial charge on any atom is -0.396 e. The summed E-state index contributed by atoms with van der Waals surface area (Å²) in [6, 6.07) is 4.30. The number of nitrogen functional groups attached to an aromatic ring is 1. The van der Waals surface area contributed by atoms with Gasteiger partial charge in [-0.05, 0) is 44.0 Å². The normalized spacial score (nSPS) is 32.6. The molecule has 3 N–H and O–H groups in total. The molecule has 3 saturated heterocycles. The van der Waals surface area contributed by atoms with Gasteiger partial charge in [0, 0.05) is 18.8 Å². The van der Waals surface area contributed by atoms with Crippen LogP contribution in [0.3, 0.4) is 0 Å². The molecule has 4 heteroatoms. The molecule has 2 bridgehead atoms. The van der Waals surface area contributed by atoms with Crippen LogP contribution in [0.25, 0.3) is 0 Å². The molecule has 3 aliphatic rings. The fourth-order valence-corrected chi connectivity index (χ4v) is 2.84. The Morgan fingerprint density at radius 3 is 2.81 bits per heavy atom. The second kappa shape index (κ2) is 3.94. The van der Waals surface area contributed by atoms with Crippen LogP contribution in [0, 0.1) is 5.92 Å². The van der Waals surface area contributed by atoms with Gasteiger partial charge in [0.1, 0.15) is 5.82 Å². The van der Waals surface area contributed by atoms with E-state index in [0.717, 1.165) is 24.0 Å². The van der Waals surface area contributed by atoms with Crippen molar-refractivity contribution in [1.29, 1.82) is 0 Å². The SMILES string of the molecule is Nc1cccnc1NC1CN2CCC1CC2. The Labute approximate surface area is 95.8 Å². The van der Waals surface area contributed by atoms with E-state index in [9.17, 15) is 0 Å². The van der Waals surface area contributed by atoms with Gasteiger partial charge in [0.15, 0.2) is 0 Å². The highest BCUT2D eigenvalue weighted by molar-refractivity contribution is 5.60. The summed E-state index contributed by atoms with van der Waals surface area (Å²) < 4.78 is 0. The van der Waals surface area contributed by atoms with Crippen LogP contribution in [0.2, 0.25) is 0 Å². The van der Waals surface area contributed by atoms with E-state index in [1.54, 1.807) is 6.20 Å². The second-order valence-corrected chi connectivity index (χ2v) is 4.83. The Bertz CT molecular complexity index is 371. The fourth-order valence-electron chi connectivity index (χ4n) is 2.84. The van der Waals surface area contributed by atoms with Crippen molar-refractivity contribution < 1.29 is 0 Å². The van der Waals surface area contributed by atoms with Crippen LogP contribution in [-0.2, 0) is 0 Å². The van der Waals surface area contributed by atoms with Gasteiger partial charge in [-0.3, -0.25) is 0 Å². The molecule has 0 aromatic carbocycles. The first-order valence-corrected chi connectivity index (χ1v) is 6.02. The molecule has 4 rings (SSSR count). The zero-order valence-corrected chi connectivity index (χ0v) is 9.39. The molecular weight excluding hydrogens is 200 g/mol. The number of fused-ring (bicyclic) bond motifs is 3. The number of anilines is 2. The minimum absolute atomic E-state index is 0.528. The Morgan fingerprint density at radius 2 is 2.19 bits per heavy atom. The van der Waals surface area contributed by atoms with E-state index in [0.29, 0.717) is 6.04 Å². The van der Waals surface area contributed by atoms with Gasteiger partial charge >= 0.3 is 0 Å². The monoisotopic (exact) mass is 218 g/mol. The molecule has 0 spiro atoms. The number of piperidine rings is 3. The van der Waals surface area contributed by atoms with Gasteiger partial charge < -0.3 is 16.0 Å². The molecule has 1 atom stereocenters. The van der Waals surface area contributed by atoms with Crippen molar-refractivity contribution in [2.75, 3.05) is 30.7 Å². The van der Waals surface area contributed by atoms with Crippen molar-refractivity contribution in [3.63, 3.8) is 0 Å². The fraction of sp³-hybridized carbons (Fsp3) is 0.583. The smallest absolute Gasteiger partial charge is 0.149 e. The number of hydrogen-bond donors (Lipinski definition) is 2. The lowest BCUT2D eigenvalue weighted by atomic mass is 9.84. The molecule has 0 amide bonds. The molecule has 1 aromatic heterocycles. The van der Waals surface area contributed by atoms with Crippen molar-refractivity contribution in [2.24, 2.45) is 5.92 Å². The van der Waals surface area contributed by atoms with Crippen molar-refractivity contribution in [3.05, 3.63) is 18.3 Å². The zero-order valence-electron chi connectivity index (χ0n) is 9.39. The largest absolute Gasteiger partial charge is 0.396 e. The molecule has 4 heterocycles. The molecule has 16 heavy (non-hydrogen) atoms. The first-order chi connectivity index (χ1) is 7.83. The average molecular weight is 218 g/mol. The number of nitrogens with two attached hydrogens (primary N) is 1. The van der Waals surface area contributed by atoms with Crippen LogP contribution in [0.5, 0.6) is 0 Å². The third kappa shape index (κ3) is 1.73. The Hall–Kier alpha value is -1.29. The van der Waals surface area contributed by atoms with Gasteiger partial charge in [-0.1, -0.05) is 0 Å². The summed E-state index contributed by atoms with van der Waals surface area (Å²) in [6.07, 6.45) is 4.41. The van der Waals surface area contributed by atoms with Gasteiger partial charge in [0.25, 0.3) is 0 Å². The summed E-state index contributed by atoms with van der Waals surface area (Å²) in [4.78, 5) is 6.83. The van der Waals surface area contributed by atoms with Gasteiger partial charge in [-0.15, -0.1) is 0 Å². The van der Waals surface area contributed by atoms with Crippen molar-refractivity contribution in [1.82, 2.24) is 9.88 Å². The molecule has 1 unspecified atom stereocenters. The minimum atomic E-state index is 0.528. The maximum absolute atomic E-state index is 5.90. The van der Waals surface area contributed by atoms with E-state index in [-0.39, 0.29) is 0 Å². The molecule has 3 aliphatic heterocycles. The topological polar surface area (TPSA) is 54.2 Å². The Kier molecular flexibility index (Phi) is 2.44. The zero-order chi connectivity index (χ0) is 11.0. The predicted molar refractivity (Wildman–Crippen MR) is 65.2 cm³/mol. The van der Waals surface area contributed by atoms with Gasteiger partial charge in [-0.2, -0.15) is 0 Å². The van der Waals surface area contributed by atoms with Crippen LogP contribution in [0.15, 0.2) is 18.3 Å². The third-order valence-electron chi connectivity index (χ3n) is 3.82. The lowest BCUT2D eigenvalue weighted by Crippen LogP contribution is -2.53. The standard InChI is InChI=1S/C12H18N4/c13-10-2-1-5-14-12(10)15-11-8-16-6-3-9(11)4-7-16/h1-2,5,9,11H,3-4,6-8,13H2,(H,14,15). The maximum atomic E-state index is 5.90. The highest BCUT2D eigenvalue weighted by atomic mass is 15.2. The second-order valence-electron chi connectivity index (χ2n) is 4.83. The summed E-state index contributed by atoms with van der Waals surface area (Å²) in [7, 11) is 0.